The fourth-order valence-corrected chi connectivity index (χ4v) is 5.78. The second-order valence-corrected chi connectivity index (χ2v) is 9.67. The number of nitrogens with one attached hydrogen (secondary N) is 1. The molecule has 31 heavy (non-hydrogen) atoms. The van der Waals surface area contributed by atoms with Gasteiger partial charge in [0.05, 0.1) is 15.9 Å². The van der Waals surface area contributed by atoms with Gasteiger partial charge in [-0.15, -0.1) is 0 Å². The van der Waals surface area contributed by atoms with Crippen LogP contribution in [0.3, 0.4) is 0 Å². The van der Waals surface area contributed by atoms with Crippen molar-refractivity contribution >= 4 is 27.3 Å². The Hall–Kier alpha value is -2.88. The molecule has 4 rings (SSSR count). The van der Waals surface area contributed by atoms with E-state index in [4.69, 9.17) is 0 Å². The fourth-order valence-electron chi connectivity index (χ4n) is 4.31. The number of halogens is 3. The third-order valence-corrected chi connectivity index (χ3v) is 7.59. The van der Waals surface area contributed by atoms with Crippen molar-refractivity contribution in [1.29, 1.82) is 0 Å². The number of fused-ring (bicyclic) bond motifs is 2. The molecule has 0 atom stereocenters. The summed E-state index contributed by atoms with van der Waals surface area (Å²) < 4.78 is 64.8. The smallest absolute Gasteiger partial charge is 0.342 e. The van der Waals surface area contributed by atoms with E-state index in [0.29, 0.717) is 18.9 Å². The van der Waals surface area contributed by atoms with Crippen molar-refractivity contribution in [2.45, 2.75) is 29.3 Å². The lowest BCUT2D eigenvalue weighted by atomic mass is 9.73. The predicted molar refractivity (Wildman–Crippen MR) is 106 cm³/mol. The summed E-state index contributed by atoms with van der Waals surface area (Å²) >= 11 is 0. The second-order valence-electron chi connectivity index (χ2n) is 7.72. The van der Waals surface area contributed by atoms with Crippen LogP contribution in [0.5, 0.6) is 0 Å². The van der Waals surface area contributed by atoms with Gasteiger partial charge in [-0.3, -0.25) is 9.59 Å². The summed E-state index contributed by atoms with van der Waals surface area (Å²) in [5.74, 6) is -2.00. The first-order valence-electron chi connectivity index (χ1n) is 9.62. The Bertz CT molecular complexity index is 1150. The SMILES string of the molecule is O=C(CS(=O)(=O)c1ccccc1C(F)(F)F)N1CCC2(CC1)C(=O)Nc1ccccc12. The molecule has 2 aromatic rings. The van der Waals surface area contributed by atoms with E-state index in [0.717, 1.165) is 23.4 Å². The van der Waals surface area contributed by atoms with Crippen LogP contribution in [0.1, 0.15) is 24.0 Å². The van der Waals surface area contributed by atoms with E-state index in [-0.39, 0.29) is 19.0 Å². The van der Waals surface area contributed by atoms with Gasteiger partial charge in [-0.1, -0.05) is 30.3 Å². The van der Waals surface area contributed by atoms with Gasteiger partial charge in [0.25, 0.3) is 0 Å². The van der Waals surface area contributed by atoms with Crippen molar-refractivity contribution in [1.82, 2.24) is 4.90 Å². The van der Waals surface area contributed by atoms with E-state index >= 15 is 0 Å². The van der Waals surface area contributed by atoms with Crippen molar-refractivity contribution < 1.29 is 31.2 Å². The summed E-state index contributed by atoms with van der Waals surface area (Å²) in [7, 11) is -4.50. The maximum absolute atomic E-state index is 13.2. The number of hydrogen-bond acceptors (Lipinski definition) is 4. The number of sulfone groups is 1. The molecule has 0 saturated carbocycles. The molecule has 6 nitrogen and oxygen atoms in total. The first kappa shape index (κ1) is 21.4. The van der Waals surface area contributed by atoms with E-state index in [1.807, 2.05) is 12.1 Å². The molecule has 1 saturated heterocycles. The molecule has 2 heterocycles. The number of anilines is 1. The molecule has 0 aliphatic carbocycles. The average Bonchev–Trinajstić information content (AvgIpc) is 2.99. The molecule has 1 N–H and O–H groups in total. The van der Waals surface area contributed by atoms with Crippen LogP contribution in [0, 0.1) is 0 Å². The minimum absolute atomic E-state index is 0.136. The van der Waals surface area contributed by atoms with Crippen LogP contribution >= 0.6 is 0 Å². The monoisotopic (exact) mass is 452 g/mol. The van der Waals surface area contributed by atoms with Gasteiger partial charge >= 0.3 is 6.18 Å². The molecular formula is C21H19F3N2O4S. The molecular weight excluding hydrogens is 433 g/mol. The summed E-state index contributed by atoms with van der Waals surface area (Å²) in [6.45, 7) is 0.272. The van der Waals surface area contributed by atoms with Crippen molar-refractivity contribution in [2.24, 2.45) is 0 Å². The first-order chi connectivity index (χ1) is 14.5. The van der Waals surface area contributed by atoms with E-state index in [9.17, 15) is 31.2 Å². The highest BCUT2D eigenvalue weighted by molar-refractivity contribution is 7.92. The van der Waals surface area contributed by atoms with Gasteiger partial charge in [-0.25, -0.2) is 8.42 Å². The highest BCUT2D eigenvalue weighted by Crippen LogP contribution is 2.44. The van der Waals surface area contributed by atoms with Crippen LogP contribution in [0.15, 0.2) is 53.4 Å². The summed E-state index contributed by atoms with van der Waals surface area (Å²) in [6.07, 6.45) is -4.24. The van der Waals surface area contributed by atoms with Gasteiger partial charge in [0.2, 0.25) is 11.8 Å². The lowest BCUT2D eigenvalue weighted by molar-refractivity contribution is -0.140. The van der Waals surface area contributed by atoms with Gasteiger partial charge in [0.1, 0.15) is 5.75 Å². The number of amides is 2. The van der Waals surface area contributed by atoms with Crippen LogP contribution in [0.2, 0.25) is 0 Å². The largest absolute Gasteiger partial charge is 0.417 e. The van der Waals surface area contributed by atoms with E-state index in [2.05, 4.69) is 5.32 Å². The molecule has 1 spiro atoms. The van der Waals surface area contributed by atoms with Gasteiger partial charge in [-0.05, 0) is 36.6 Å². The third-order valence-electron chi connectivity index (χ3n) is 5.94. The number of benzene rings is 2. The molecule has 0 unspecified atom stereocenters. The van der Waals surface area contributed by atoms with Crippen LogP contribution in [0.25, 0.3) is 0 Å². The van der Waals surface area contributed by atoms with Crippen LogP contribution in [-0.2, 0) is 31.0 Å². The molecule has 2 aliphatic rings. The molecule has 2 aromatic carbocycles. The number of nitrogens with zero attached hydrogens (tertiary/aromatic N) is 1. The minimum atomic E-state index is -4.85. The van der Waals surface area contributed by atoms with Gasteiger partial charge in [0.15, 0.2) is 9.84 Å². The number of carbonyl (C=O) groups is 2. The second kappa shape index (κ2) is 7.37. The maximum atomic E-state index is 13.2. The Labute approximate surface area is 177 Å². The van der Waals surface area contributed by atoms with Crippen LogP contribution in [0.4, 0.5) is 18.9 Å². The maximum Gasteiger partial charge on any atom is 0.417 e. The van der Waals surface area contributed by atoms with Crippen molar-refractivity contribution in [3.05, 3.63) is 59.7 Å². The predicted octanol–water partition coefficient (Wildman–Crippen LogP) is 2.99. The zero-order chi connectivity index (χ0) is 22.4. The van der Waals surface area contributed by atoms with Gasteiger partial charge in [-0.2, -0.15) is 13.2 Å². The van der Waals surface area contributed by atoms with Crippen LogP contribution < -0.4 is 5.32 Å². The quantitative estimate of drug-likeness (QED) is 0.776. The number of piperidine rings is 1. The zero-order valence-electron chi connectivity index (χ0n) is 16.3. The van der Waals surface area contributed by atoms with E-state index in [1.165, 1.54) is 11.0 Å². The van der Waals surface area contributed by atoms with E-state index < -0.39 is 43.5 Å². The topological polar surface area (TPSA) is 83.6 Å². The molecule has 1 fully saturated rings. The number of carbonyl (C=O) groups excluding carboxylic acids is 2. The Kier molecular flexibility index (Phi) is 5.07. The number of likely N-dealkylation sites (tertiary alicyclic amines) is 1. The molecule has 0 radical (unpaired) electrons. The fraction of sp³-hybridized carbons (Fsp3) is 0.333. The van der Waals surface area contributed by atoms with Crippen molar-refractivity contribution in [3.8, 4) is 0 Å². The number of alkyl halides is 3. The first-order valence-corrected chi connectivity index (χ1v) is 11.3. The standard InChI is InChI=1S/C21H19F3N2O4S/c22-21(23,24)15-6-2-4-8-17(15)31(29,30)13-18(27)26-11-9-20(10-12-26)14-5-1-3-7-16(14)25-19(20)28/h1-8H,9-13H2,(H,25,28). The Morgan fingerprint density at radius 2 is 1.65 bits per heavy atom. The molecule has 0 bridgehead atoms. The Balaban J connectivity index is 1.50. The van der Waals surface area contributed by atoms with Crippen molar-refractivity contribution in [3.63, 3.8) is 0 Å². The number of rotatable bonds is 3. The normalized spacial score (nSPS) is 18.0. The van der Waals surface area contributed by atoms with Gasteiger partial charge < -0.3 is 10.2 Å². The molecule has 164 valence electrons. The lowest BCUT2D eigenvalue weighted by Gasteiger charge is -2.38. The molecule has 2 amide bonds. The Morgan fingerprint density at radius 1 is 1.03 bits per heavy atom. The number of para-hydroxylation sites is 1. The highest BCUT2D eigenvalue weighted by Gasteiger charge is 2.49. The average molecular weight is 452 g/mol. The molecule has 2 aliphatic heterocycles. The minimum Gasteiger partial charge on any atom is -0.342 e. The summed E-state index contributed by atoms with van der Waals surface area (Å²) in [4.78, 5) is 25.6. The summed E-state index contributed by atoms with van der Waals surface area (Å²) in [6, 6.07) is 11.1. The lowest BCUT2D eigenvalue weighted by Crippen LogP contribution is -2.49. The zero-order valence-corrected chi connectivity index (χ0v) is 17.1. The van der Waals surface area contributed by atoms with Crippen molar-refractivity contribution in [2.75, 3.05) is 24.2 Å². The summed E-state index contributed by atoms with van der Waals surface area (Å²) in [5.41, 5.74) is -0.508. The third kappa shape index (κ3) is 3.69. The number of hydrogen-bond donors (Lipinski definition) is 1. The Morgan fingerprint density at radius 3 is 2.32 bits per heavy atom. The van der Waals surface area contributed by atoms with Gasteiger partial charge in [0, 0.05) is 18.8 Å². The van der Waals surface area contributed by atoms with Crippen LogP contribution in [-0.4, -0.2) is 44.0 Å². The molecule has 0 aromatic heterocycles. The van der Waals surface area contributed by atoms with E-state index in [1.54, 1.807) is 12.1 Å². The highest BCUT2D eigenvalue weighted by atomic mass is 32.2. The summed E-state index contributed by atoms with van der Waals surface area (Å²) in [5, 5.41) is 2.84. The molecule has 10 heteroatoms.